The summed E-state index contributed by atoms with van der Waals surface area (Å²) in [5.41, 5.74) is 0.637. The van der Waals surface area contributed by atoms with E-state index in [-0.39, 0.29) is 24.8 Å². The average molecular weight is 309 g/mol. The highest BCUT2D eigenvalue weighted by molar-refractivity contribution is 5.85. The number of aromatic nitrogens is 2. The highest BCUT2D eigenvalue weighted by Gasteiger charge is 2.32. The van der Waals surface area contributed by atoms with Crippen molar-refractivity contribution >= 4 is 12.1 Å². The molecule has 0 saturated carbocycles. The van der Waals surface area contributed by atoms with Gasteiger partial charge in [0.2, 0.25) is 11.7 Å². The fourth-order valence-electron chi connectivity index (χ4n) is 2.03. The lowest BCUT2D eigenvalue weighted by Gasteiger charge is -2.23. The summed E-state index contributed by atoms with van der Waals surface area (Å²) in [7, 11) is 2.69. The summed E-state index contributed by atoms with van der Waals surface area (Å²) in [5, 5.41) is 0. The number of nitrogens with zero attached hydrogens (tertiary/aromatic N) is 3. The fourth-order valence-corrected chi connectivity index (χ4v) is 2.03. The molecule has 1 aliphatic rings. The van der Waals surface area contributed by atoms with Gasteiger partial charge in [0.15, 0.2) is 0 Å². The summed E-state index contributed by atoms with van der Waals surface area (Å²) in [4.78, 5) is 33.3. The summed E-state index contributed by atoms with van der Waals surface area (Å²) < 4.78 is 15.1. The molecular weight excluding hydrogens is 290 g/mol. The molecule has 120 valence electrons. The van der Waals surface area contributed by atoms with Crippen LogP contribution in [0.3, 0.4) is 0 Å². The lowest BCUT2D eigenvalue weighted by molar-refractivity contribution is 0.0240. The lowest BCUT2D eigenvalue weighted by atomic mass is 10.2. The number of amides is 1. The predicted octanol–water partition coefficient (Wildman–Crippen LogP) is 1.52. The monoisotopic (exact) mass is 309 g/mol. The highest BCUT2D eigenvalue weighted by Crippen LogP contribution is 2.29. The van der Waals surface area contributed by atoms with E-state index in [9.17, 15) is 9.59 Å². The van der Waals surface area contributed by atoms with Crippen molar-refractivity contribution in [2.24, 2.45) is 0 Å². The van der Waals surface area contributed by atoms with Crippen molar-refractivity contribution in [1.82, 2.24) is 14.9 Å². The van der Waals surface area contributed by atoms with Crippen LogP contribution in [0.25, 0.3) is 0 Å². The van der Waals surface area contributed by atoms with Crippen molar-refractivity contribution in [2.45, 2.75) is 39.5 Å². The number of methoxy groups -OCH3 is 2. The molecule has 2 rings (SSSR count). The van der Waals surface area contributed by atoms with Crippen LogP contribution in [0.4, 0.5) is 4.79 Å². The standard InChI is InChI=1S/C14H19N3O5/c1-14(2,3)22-13(19)17-6-8-9(7-17)15-10(12(18)21-5)16-11(8)20-4/h6-7H2,1-5H3. The molecule has 0 unspecified atom stereocenters. The number of carbonyl (C=O) groups excluding carboxylic acids is 2. The van der Waals surface area contributed by atoms with Gasteiger partial charge in [-0.05, 0) is 20.8 Å². The van der Waals surface area contributed by atoms with E-state index in [4.69, 9.17) is 9.47 Å². The second-order valence-electron chi connectivity index (χ2n) is 5.81. The molecule has 0 radical (unpaired) electrons. The Labute approximate surface area is 128 Å². The van der Waals surface area contributed by atoms with E-state index >= 15 is 0 Å². The molecule has 0 atom stereocenters. The van der Waals surface area contributed by atoms with E-state index < -0.39 is 17.7 Å². The quantitative estimate of drug-likeness (QED) is 0.765. The van der Waals surface area contributed by atoms with Crippen LogP contribution in [0, 0.1) is 0 Å². The summed E-state index contributed by atoms with van der Waals surface area (Å²) in [6.07, 6.45) is -0.452. The minimum Gasteiger partial charge on any atom is -0.481 e. The van der Waals surface area contributed by atoms with Crippen LogP contribution in [0.1, 0.15) is 42.6 Å². The Kier molecular flexibility index (Phi) is 4.20. The van der Waals surface area contributed by atoms with Crippen molar-refractivity contribution in [2.75, 3.05) is 14.2 Å². The first kappa shape index (κ1) is 16.0. The SMILES string of the molecule is COC(=O)c1nc2c(c(OC)n1)CN(C(=O)OC(C)(C)C)C2. The van der Waals surface area contributed by atoms with Crippen LogP contribution in [-0.2, 0) is 22.6 Å². The minimum atomic E-state index is -0.656. The molecule has 0 saturated heterocycles. The van der Waals surface area contributed by atoms with Crippen molar-refractivity contribution in [3.63, 3.8) is 0 Å². The zero-order valence-corrected chi connectivity index (χ0v) is 13.3. The molecule has 0 N–H and O–H groups in total. The lowest BCUT2D eigenvalue weighted by Crippen LogP contribution is -2.33. The largest absolute Gasteiger partial charge is 0.481 e. The third-order valence-electron chi connectivity index (χ3n) is 2.96. The number of ether oxygens (including phenoxy) is 3. The van der Waals surface area contributed by atoms with Gasteiger partial charge in [0.25, 0.3) is 0 Å². The number of carbonyl (C=O) groups is 2. The normalized spacial score (nSPS) is 13.6. The van der Waals surface area contributed by atoms with E-state index in [1.165, 1.54) is 19.1 Å². The van der Waals surface area contributed by atoms with Gasteiger partial charge >= 0.3 is 12.1 Å². The van der Waals surface area contributed by atoms with E-state index in [1.807, 2.05) is 0 Å². The first-order valence-electron chi connectivity index (χ1n) is 6.75. The molecule has 0 aromatic carbocycles. The molecule has 0 bridgehead atoms. The molecule has 1 amide bonds. The van der Waals surface area contributed by atoms with Crippen LogP contribution in [0.15, 0.2) is 0 Å². The predicted molar refractivity (Wildman–Crippen MR) is 75.4 cm³/mol. The molecular formula is C14H19N3O5. The average Bonchev–Trinajstić information content (AvgIpc) is 2.87. The Bertz CT molecular complexity index is 609. The zero-order valence-electron chi connectivity index (χ0n) is 13.3. The van der Waals surface area contributed by atoms with Gasteiger partial charge < -0.3 is 14.2 Å². The van der Waals surface area contributed by atoms with Gasteiger partial charge in [0, 0.05) is 0 Å². The molecule has 22 heavy (non-hydrogen) atoms. The number of rotatable bonds is 2. The van der Waals surface area contributed by atoms with Crippen molar-refractivity contribution in [3.8, 4) is 5.88 Å². The molecule has 8 heteroatoms. The molecule has 8 nitrogen and oxygen atoms in total. The molecule has 0 aliphatic carbocycles. The van der Waals surface area contributed by atoms with E-state index in [2.05, 4.69) is 14.7 Å². The summed E-state index contributed by atoms with van der Waals surface area (Å²) in [6.45, 7) is 5.89. The van der Waals surface area contributed by atoms with Gasteiger partial charge in [-0.15, -0.1) is 0 Å². The molecule has 0 spiro atoms. The summed E-state index contributed by atoms with van der Waals surface area (Å²) >= 11 is 0. The Hall–Kier alpha value is -2.38. The maximum Gasteiger partial charge on any atom is 0.410 e. The molecule has 1 aromatic heterocycles. The molecule has 2 heterocycles. The topological polar surface area (TPSA) is 90.9 Å². The van der Waals surface area contributed by atoms with Crippen LogP contribution < -0.4 is 4.74 Å². The maximum absolute atomic E-state index is 12.1. The van der Waals surface area contributed by atoms with E-state index in [0.29, 0.717) is 11.3 Å². The second kappa shape index (κ2) is 5.78. The number of hydrogen-bond acceptors (Lipinski definition) is 7. The Morgan fingerprint density at radius 2 is 1.82 bits per heavy atom. The van der Waals surface area contributed by atoms with E-state index in [0.717, 1.165) is 0 Å². The van der Waals surface area contributed by atoms with Crippen LogP contribution in [0.2, 0.25) is 0 Å². The minimum absolute atomic E-state index is 0.0934. The fraction of sp³-hybridized carbons (Fsp3) is 0.571. The third kappa shape index (κ3) is 3.26. The smallest absolute Gasteiger partial charge is 0.410 e. The zero-order chi connectivity index (χ0) is 16.5. The van der Waals surface area contributed by atoms with Crippen LogP contribution in [0.5, 0.6) is 5.88 Å². The summed E-state index contributed by atoms with van der Waals surface area (Å²) in [6, 6.07) is 0. The molecule has 0 fully saturated rings. The van der Waals surface area contributed by atoms with Gasteiger partial charge in [-0.3, -0.25) is 4.90 Å². The first-order valence-corrected chi connectivity index (χ1v) is 6.75. The second-order valence-corrected chi connectivity index (χ2v) is 5.81. The highest BCUT2D eigenvalue weighted by atomic mass is 16.6. The number of fused-ring (bicyclic) bond motifs is 1. The van der Waals surface area contributed by atoms with Crippen LogP contribution in [-0.4, -0.2) is 46.8 Å². The van der Waals surface area contributed by atoms with Gasteiger partial charge in [0.1, 0.15) is 5.60 Å². The van der Waals surface area contributed by atoms with Crippen molar-refractivity contribution in [1.29, 1.82) is 0 Å². The third-order valence-corrected chi connectivity index (χ3v) is 2.96. The van der Waals surface area contributed by atoms with Gasteiger partial charge in [-0.1, -0.05) is 0 Å². The molecule has 1 aromatic rings. The Morgan fingerprint density at radius 1 is 1.14 bits per heavy atom. The summed E-state index contributed by atoms with van der Waals surface area (Å²) in [5.74, 6) is -0.489. The van der Waals surface area contributed by atoms with E-state index in [1.54, 1.807) is 20.8 Å². The van der Waals surface area contributed by atoms with Crippen molar-refractivity contribution in [3.05, 3.63) is 17.1 Å². The maximum atomic E-state index is 12.1. The van der Waals surface area contributed by atoms with Crippen LogP contribution >= 0.6 is 0 Å². The molecule has 1 aliphatic heterocycles. The van der Waals surface area contributed by atoms with Crippen molar-refractivity contribution < 1.29 is 23.8 Å². The van der Waals surface area contributed by atoms with Gasteiger partial charge in [-0.2, -0.15) is 4.98 Å². The number of esters is 1. The Morgan fingerprint density at radius 3 is 2.36 bits per heavy atom. The van der Waals surface area contributed by atoms with Gasteiger partial charge in [-0.25, -0.2) is 14.6 Å². The van der Waals surface area contributed by atoms with Gasteiger partial charge in [0.05, 0.1) is 38.6 Å². The Balaban J connectivity index is 2.26. The number of hydrogen-bond donors (Lipinski definition) is 0. The first-order chi connectivity index (χ1) is 10.2.